The number of hydrogen-bond acceptors (Lipinski definition) is 3. The van der Waals surface area contributed by atoms with Crippen molar-refractivity contribution >= 4 is 56.2 Å². The van der Waals surface area contributed by atoms with Crippen molar-refractivity contribution in [1.29, 1.82) is 0 Å². The molecular weight excluding hydrogens is 301 g/mol. The van der Waals surface area contributed by atoms with Crippen molar-refractivity contribution in [2.75, 3.05) is 12.4 Å². The normalized spacial score (nSPS) is 11.9. The maximum Gasteiger partial charge on any atom is 0.242 e. The van der Waals surface area contributed by atoms with Crippen molar-refractivity contribution in [1.82, 2.24) is 4.72 Å². The Labute approximate surface area is 107 Å². The van der Waals surface area contributed by atoms with Gasteiger partial charge in [-0.3, -0.25) is 0 Å². The number of alkyl halides is 1. The molecule has 0 aliphatic heterocycles. The Morgan fingerprint density at radius 3 is 2.53 bits per heavy atom. The standard InChI is InChI=1S/C7H8Cl3NO2S2/c8-2-1-3-11-15(12,13)5-4-6(9)14-7(5)10/h4,11H,1-3H2. The van der Waals surface area contributed by atoms with E-state index in [9.17, 15) is 8.42 Å². The zero-order chi connectivity index (χ0) is 11.5. The fraction of sp³-hybridized carbons (Fsp3) is 0.429. The quantitative estimate of drug-likeness (QED) is 0.671. The van der Waals surface area contributed by atoms with Crippen LogP contribution in [0.4, 0.5) is 0 Å². The van der Waals surface area contributed by atoms with Crippen LogP contribution in [-0.2, 0) is 10.0 Å². The summed E-state index contributed by atoms with van der Waals surface area (Å²) in [6.07, 6.45) is 0.566. The van der Waals surface area contributed by atoms with E-state index in [-0.39, 0.29) is 15.8 Å². The first-order valence-electron chi connectivity index (χ1n) is 3.98. The number of thiophene rings is 1. The average molecular weight is 309 g/mol. The SMILES string of the molecule is O=S(=O)(NCCCCl)c1cc(Cl)sc1Cl. The molecule has 0 amide bonds. The molecular formula is C7H8Cl3NO2S2. The van der Waals surface area contributed by atoms with Gasteiger partial charge in [-0.15, -0.1) is 22.9 Å². The van der Waals surface area contributed by atoms with Gasteiger partial charge >= 0.3 is 0 Å². The van der Waals surface area contributed by atoms with E-state index in [1.165, 1.54) is 6.07 Å². The van der Waals surface area contributed by atoms with Gasteiger partial charge < -0.3 is 0 Å². The fourth-order valence-corrected chi connectivity index (χ4v) is 4.21. The monoisotopic (exact) mass is 307 g/mol. The molecule has 0 saturated carbocycles. The van der Waals surface area contributed by atoms with Crippen molar-refractivity contribution in [2.45, 2.75) is 11.3 Å². The number of hydrogen-bond donors (Lipinski definition) is 1. The van der Waals surface area contributed by atoms with Crippen molar-refractivity contribution in [3.63, 3.8) is 0 Å². The lowest BCUT2D eigenvalue weighted by Gasteiger charge is -2.03. The molecule has 1 N–H and O–H groups in total. The molecule has 1 rings (SSSR count). The Morgan fingerprint density at radius 2 is 2.07 bits per heavy atom. The molecule has 0 aliphatic rings. The van der Waals surface area contributed by atoms with Crippen LogP contribution in [0.3, 0.4) is 0 Å². The van der Waals surface area contributed by atoms with Gasteiger partial charge in [-0.25, -0.2) is 13.1 Å². The highest BCUT2D eigenvalue weighted by molar-refractivity contribution is 7.89. The maximum atomic E-state index is 11.7. The van der Waals surface area contributed by atoms with Gasteiger partial charge in [-0.1, -0.05) is 23.2 Å². The summed E-state index contributed by atoms with van der Waals surface area (Å²) < 4.78 is 26.2. The topological polar surface area (TPSA) is 46.2 Å². The lowest BCUT2D eigenvalue weighted by molar-refractivity contribution is 0.581. The Balaban J connectivity index is 2.82. The highest BCUT2D eigenvalue weighted by atomic mass is 35.5. The van der Waals surface area contributed by atoms with Gasteiger partial charge in [-0.05, 0) is 12.5 Å². The first-order valence-corrected chi connectivity index (χ1v) is 7.57. The van der Waals surface area contributed by atoms with Crippen molar-refractivity contribution in [3.05, 3.63) is 14.7 Å². The summed E-state index contributed by atoms with van der Waals surface area (Å²) in [5, 5.41) is 0. The smallest absolute Gasteiger partial charge is 0.211 e. The Kier molecular flexibility index (Phi) is 5.15. The minimum absolute atomic E-state index is 0.0220. The molecule has 0 aliphatic carbocycles. The predicted molar refractivity (Wildman–Crippen MR) is 64.9 cm³/mol. The van der Waals surface area contributed by atoms with E-state index in [0.29, 0.717) is 16.6 Å². The molecule has 0 atom stereocenters. The van der Waals surface area contributed by atoms with E-state index in [1.54, 1.807) is 0 Å². The molecule has 0 bridgehead atoms. The zero-order valence-electron chi connectivity index (χ0n) is 7.47. The average Bonchev–Trinajstić information content (AvgIpc) is 2.46. The highest BCUT2D eigenvalue weighted by Crippen LogP contribution is 2.33. The van der Waals surface area contributed by atoms with E-state index in [4.69, 9.17) is 34.8 Å². The Morgan fingerprint density at radius 1 is 1.40 bits per heavy atom. The molecule has 0 radical (unpaired) electrons. The second-order valence-corrected chi connectivity index (χ2v) is 7.03. The first kappa shape index (κ1) is 13.5. The van der Waals surface area contributed by atoms with Gasteiger partial charge in [0.1, 0.15) is 9.23 Å². The predicted octanol–water partition coefficient (Wildman–Crippen LogP) is 2.96. The molecule has 0 unspecified atom stereocenters. The summed E-state index contributed by atoms with van der Waals surface area (Å²) in [5.41, 5.74) is 0. The van der Waals surface area contributed by atoms with Gasteiger partial charge in [0.05, 0.1) is 4.34 Å². The molecule has 0 saturated heterocycles. The molecule has 1 heterocycles. The van der Waals surface area contributed by atoms with Crippen LogP contribution in [0.2, 0.25) is 8.67 Å². The van der Waals surface area contributed by atoms with Gasteiger partial charge in [-0.2, -0.15) is 0 Å². The van der Waals surface area contributed by atoms with Crippen LogP contribution in [0.5, 0.6) is 0 Å². The Bertz CT molecular complexity index is 429. The lowest BCUT2D eigenvalue weighted by atomic mass is 10.5. The largest absolute Gasteiger partial charge is 0.242 e. The Hall–Kier alpha value is 0.480. The molecule has 1 aromatic rings. The zero-order valence-corrected chi connectivity index (χ0v) is 11.4. The number of rotatable bonds is 5. The third-order valence-electron chi connectivity index (χ3n) is 1.52. The summed E-state index contributed by atoms with van der Waals surface area (Å²) >= 11 is 17.8. The summed E-state index contributed by atoms with van der Waals surface area (Å²) in [6.45, 7) is 0.287. The molecule has 0 aromatic carbocycles. The third-order valence-corrected chi connectivity index (χ3v) is 5.00. The number of sulfonamides is 1. The van der Waals surface area contributed by atoms with Gasteiger partial charge in [0.2, 0.25) is 10.0 Å². The summed E-state index contributed by atoms with van der Waals surface area (Å²) in [5.74, 6) is 0.403. The van der Waals surface area contributed by atoms with Crippen molar-refractivity contribution in [3.8, 4) is 0 Å². The van der Waals surface area contributed by atoms with Crippen LogP contribution in [0.15, 0.2) is 11.0 Å². The molecule has 0 fully saturated rings. The number of nitrogens with one attached hydrogen (secondary N) is 1. The minimum Gasteiger partial charge on any atom is -0.211 e. The van der Waals surface area contributed by atoms with Crippen LogP contribution in [0.25, 0.3) is 0 Å². The van der Waals surface area contributed by atoms with Crippen LogP contribution in [0, 0.1) is 0 Å². The molecule has 0 spiro atoms. The fourth-order valence-electron chi connectivity index (χ4n) is 0.859. The van der Waals surface area contributed by atoms with Crippen LogP contribution in [0.1, 0.15) is 6.42 Å². The molecule has 86 valence electrons. The van der Waals surface area contributed by atoms with Crippen LogP contribution >= 0.6 is 46.1 Å². The van der Waals surface area contributed by atoms with Crippen molar-refractivity contribution in [2.24, 2.45) is 0 Å². The molecule has 15 heavy (non-hydrogen) atoms. The first-order chi connectivity index (χ1) is 6.97. The van der Waals surface area contributed by atoms with E-state index >= 15 is 0 Å². The van der Waals surface area contributed by atoms with Gasteiger partial charge in [0, 0.05) is 12.4 Å². The summed E-state index contributed by atoms with van der Waals surface area (Å²) in [6, 6.07) is 1.33. The minimum atomic E-state index is -3.56. The van der Waals surface area contributed by atoms with E-state index in [1.807, 2.05) is 0 Å². The van der Waals surface area contributed by atoms with E-state index in [0.717, 1.165) is 11.3 Å². The van der Waals surface area contributed by atoms with Gasteiger partial charge in [0.15, 0.2) is 0 Å². The highest BCUT2D eigenvalue weighted by Gasteiger charge is 2.20. The second-order valence-electron chi connectivity index (χ2n) is 2.63. The van der Waals surface area contributed by atoms with Crippen LogP contribution in [-0.4, -0.2) is 20.8 Å². The molecule has 1 aromatic heterocycles. The van der Waals surface area contributed by atoms with Crippen molar-refractivity contribution < 1.29 is 8.42 Å². The van der Waals surface area contributed by atoms with E-state index < -0.39 is 10.0 Å². The van der Waals surface area contributed by atoms with Crippen LogP contribution < -0.4 is 4.72 Å². The molecule has 3 nitrogen and oxygen atoms in total. The summed E-state index contributed by atoms with van der Waals surface area (Å²) in [4.78, 5) is 0.0220. The van der Waals surface area contributed by atoms with Gasteiger partial charge in [0.25, 0.3) is 0 Å². The van der Waals surface area contributed by atoms with E-state index in [2.05, 4.69) is 4.72 Å². The lowest BCUT2D eigenvalue weighted by Crippen LogP contribution is -2.24. The third kappa shape index (κ3) is 3.76. The number of halogens is 3. The maximum absolute atomic E-state index is 11.7. The summed E-state index contributed by atoms with van der Waals surface area (Å²) in [7, 11) is -3.56. The second kappa shape index (κ2) is 5.70. The molecule has 8 heteroatoms.